The van der Waals surface area contributed by atoms with Crippen molar-refractivity contribution in [3.63, 3.8) is 0 Å². The summed E-state index contributed by atoms with van der Waals surface area (Å²) >= 11 is 5.94. The van der Waals surface area contributed by atoms with Crippen LogP contribution in [-0.4, -0.2) is 28.1 Å². The quantitative estimate of drug-likeness (QED) is 0.645. The standard InChI is InChI=1S/C15H14ClN5O2.ClH/c16-12-4-3-10-8-11(14(17)20-13(10)9-12)2-1-5-15(21(22)23)18-6-7-19-15;/h3-4,6-9H,1-2,5H2,(H2,17,20);1H. The SMILES string of the molecule is Cl.Nc1nc2cc(Cl)ccc2cc1CCCC1([N+](=O)[O-])N=CC=N1. The zero-order valence-electron chi connectivity index (χ0n) is 12.6. The summed E-state index contributed by atoms with van der Waals surface area (Å²) in [7, 11) is 0. The monoisotopic (exact) mass is 367 g/mol. The summed E-state index contributed by atoms with van der Waals surface area (Å²) in [6.07, 6.45) is 4.03. The van der Waals surface area contributed by atoms with Crippen LogP contribution in [0.2, 0.25) is 5.02 Å². The smallest absolute Gasteiger partial charge is 0.383 e. The van der Waals surface area contributed by atoms with Crippen LogP contribution >= 0.6 is 24.0 Å². The highest BCUT2D eigenvalue weighted by atomic mass is 35.5. The third-order valence-electron chi connectivity index (χ3n) is 3.77. The molecule has 0 aliphatic carbocycles. The molecule has 0 bridgehead atoms. The number of hydrogen-bond acceptors (Lipinski definition) is 6. The maximum atomic E-state index is 11.2. The Balaban J connectivity index is 0.00000208. The van der Waals surface area contributed by atoms with Gasteiger partial charge in [-0.2, -0.15) is 9.98 Å². The molecule has 2 N–H and O–H groups in total. The Bertz CT molecular complexity index is 826. The van der Waals surface area contributed by atoms with E-state index in [2.05, 4.69) is 15.0 Å². The van der Waals surface area contributed by atoms with E-state index in [1.54, 1.807) is 12.1 Å². The van der Waals surface area contributed by atoms with Crippen molar-refractivity contribution in [1.82, 2.24) is 4.98 Å². The number of nitrogens with zero attached hydrogens (tertiary/aromatic N) is 4. The number of hydrogen-bond donors (Lipinski definition) is 1. The van der Waals surface area contributed by atoms with Crippen LogP contribution in [0.3, 0.4) is 0 Å². The average molecular weight is 368 g/mol. The zero-order chi connectivity index (χ0) is 16.4. The number of nitrogen functional groups attached to an aromatic ring is 1. The molecule has 1 aliphatic rings. The Morgan fingerprint density at radius 3 is 2.62 bits per heavy atom. The van der Waals surface area contributed by atoms with Gasteiger partial charge in [0.05, 0.1) is 16.9 Å². The van der Waals surface area contributed by atoms with E-state index in [-0.39, 0.29) is 18.8 Å². The number of rotatable bonds is 5. The molecular formula is C15H15Cl2N5O2. The molecule has 7 nitrogen and oxygen atoms in total. The van der Waals surface area contributed by atoms with Gasteiger partial charge >= 0.3 is 5.79 Å². The second kappa shape index (κ2) is 7.11. The highest BCUT2D eigenvalue weighted by molar-refractivity contribution is 6.31. The minimum Gasteiger partial charge on any atom is -0.383 e. The van der Waals surface area contributed by atoms with Crippen LogP contribution in [0.1, 0.15) is 18.4 Å². The van der Waals surface area contributed by atoms with Gasteiger partial charge in [0.2, 0.25) is 0 Å². The van der Waals surface area contributed by atoms with Crippen molar-refractivity contribution < 1.29 is 4.92 Å². The third-order valence-corrected chi connectivity index (χ3v) is 4.01. The summed E-state index contributed by atoms with van der Waals surface area (Å²) < 4.78 is 0. The predicted molar refractivity (Wildman–Crippen MR) is 98.1 cm³/mol. The number of aromatic nitrogens is 1. The molecule has 9 heteroatoms. The van der Waals surface area contributed by atoms with Gasteiger partial charge < -0.3 is 5.73 Å². The molecular weight excluding hydrogens is 353 g/mol. The van der Waals surface area contributed by atoms with Gasteiger partial charge in [0.25, 0.3) is 0 Å². The largest absolute Gasteiger partial charge is 0.411 e. The van der Waals surface area contributed by atoms with E-state index in [9.17, 15) is 10.1 Å². The molecule has 0 spiro atoms. The van der Waals surface area contributed by atoms with E-state index < -0.39 is 10.7 Å². The van der Waals surface area contributed by atoms with Crippen LogP contribution in [0.15, 0.2) is 34.3 Å². The van der Waals surface area contributed by atoms with E-state index in [4.69, 9.17) is 17.3 Å². The van der Waals surface area contributed by atoms with Gasteiger partial charge in [-0.15, -0.1) is 12.4 Å². The van der Waals surface area contributed by atoms with Gasteiger partial charge in [-0.05, 0) is 36.6 Å². The second-order valence-electron chi connectivity index (χ2n) is 5.31. The van der Waals surface area contributed by atoms with Crippen LogP contribution in [0.5, 0.6) is 0 Å². The van der Waals surface area contributed by atoms with Crippen molar-refractivity contribution in [3.8, 4) is 0 Å². The van der Waals surface area contributed by atoms with Gasteiger partial charge in [0.15, 0.2) is 0 Å². The lowest BCUT2D eigenvalue weighted by Gasteiger charge is -2.14. The number of anilines is 1. The number of aryl methyl sites for hydroxylation is 1. The Hall–Kier alpha value is -2.25. The summed E-state index contributed by atoms with van der Waals surface area (Å²) in [6, 6.07) is 7.35. The van der Waals surface area contributed by atoms with E-state index in [0.29, 0.717) is 23.7 Å². The maximum absolute atomic E-state index is 11.2. The molecule has 0 amide bonds. The number of aliphatic imine (C=N–C) groups is 2. The Kier molecular flexibility index (Phi) is 5.36. The molecule has 3 rings (SSSR count). The third kappa shape index (κ3) is 3.47. The molecule has 1 aliphatic heterocycles. The lowest BCUT2D eigenvalue weighted by Crippen LogP contribution is -2.32. The molecule has 0 unspecified atom stereocenters. The molecule has 0 fully saturated rings. The molecule has 126 valence electrons. The molecule has 24 heavy (non-hydrogen) atoms. The fraction of sp³-hybridized carbons (Fsp3) is 0.267. The summed E-state index contributed by atoms with van der Waals surface area (Å²) in [5, 5.41) is 12.7. The highest BCUT2D eigenvalue weighted by Gasteiger charge is 2.42. The molecule has 0 saturated heterocycles. The molecule has 2 heterocycles. The molecule has 0 atom stereocenters. The van der Waals surface area contributed by atoms with Gasteiger partial charge in [0.1, 0.15) is 5.82 Å². The fourth-order valence-corrected chi connectivity index (χ4v) is 2.73. The van der Waals surface area contributed by atoms with Crippen molar-refractivity contribution in [3.05, 3.63) is 45.0 Å². The van der Waals surface area contributed by atoms with Crippen LogP contribution < -0.4 is 5.73 Å². The van der Waals surface area contributed by atoms with Crippen molar-refractivity contribution >= 4 is 53.2 Å². The molecule has 2 aromatic rings. The van der Waals surface area contributed by atoms with E-state index in [1.165, 1.54) is 12.4 Å². The van der Waals surface area contributed by atoms with Crippen molar-refractivity contribution in [2.75, 3.05) is 5.73 Å². The predicted octanol–water partition coefficient (Wildman–Crippen LogP) is 3.30. The van der Waals surface area contributed by atoms with Crippen LogP contribution in [0.25, 0.3) is 10.9 Å². The van der Waals surface area contributed by atoms with Gasteiger partial charge in [-0.25, -0.2) is 4.98 Å². The first-order chi connectivity index (χ1) is 11.0. The zero-order valence-corrected chi connectivity index (χ0v) is 14.1. The summed E-state index contributed by atoms with van der Waals surface area (Å²) in [6.45, 7) is 0. The number of fused-ring (bicyclic) bond motifs is 1. The Morgan fingerprint density at radius 1 is 1.25 bits per heavy atom. The summed E-state index contributed by atoms with van der Waals surface area (Å²) in [5.74, 6) is -1.17. The molecule has 0 radical (unpaired) electrons. The summed E-state index contributed by atoms with van der Waals surface area (Å²) in [5.41, 5.74) is 7.55. The first kappa shape index (κ1) is 18.1. The first-order valence-electron chi connectivity index (χ1n) is 7.08. The number of nitrogens with two attached hydrogens (primary N) is 1. The molecule has 1 aromatic heterocycles. The van der Waals surface area contributed by atoms with E-state index in [1.807, 2.05) is 12.1 Å². The number of halogens is 2. The van der Waals surface area contributed by atoms with Crippen molar-refractivity contribution in [2.24, 2.45) is 9.98 Å². The topological polar surface area (TPSA) is 107 Å². The van der Waals surface area contributed by atoms with E-state index >= 15 is 0 Å². The average Bonchev–Trinajstić information content (AvgIpc) is 2.98. The minimum atomic E-state index is -1.58. The molecule has 0 saturated carbocycles. The lowest BCUT2D eigenvalue weighted by molar-refractivity contribution is -0.566. The normalized spacial score (nSPS) is 14.7. The lowest BCUT2D eigenvalue weighted by atomic mass is 10.0. The maximum Gasteiger partial charge on any atom is 0.411 e. The fourth-order valence-electron chi connectivity index (χ4n) is 2.57. The number of pyridine rings is 1. The van der Waals surface area contributed by atoms with Gasteiger partial charge in [0, 0.05) is 22.8 Å². The van der Waals surface area contributed by atoms with Crippen LogP contribution in [0, 0.1) is 10.1 Å². The summed E-state index contributed by atoms with van der Waals surface area (Å²) in [4.78, 5) is 22.8. The Labute approximate surface area is 149 Å². The minimum absolute atomic E-state index is 0. The number of benzene rings is 1. The van der Waals surface area contributed by atoms with Crippen molar-refractivity contribution in [2.45, 2.75) is 25.0 Å². The Morgan fingerprint density at radius 2 is 1.96 bits per heavy atom. The van der Waals surface area contributed by atoms with Crippen molar-refractivity contribution in [1.29, 1.82) is 0 Å². The van der Waals surface area contributed by atoms with Crippen LogP contribution in [-0.2, 0) is 6.42 Å². The highest BCUT2D eigenvalue weighted by Crippen LogP contribution is 2.26. The number of nitro groups is 1. The van der Waals surface area contributed by atoms with Gasteiger partial charge in [-0.3, -0.25) is 10.1 Å². The van der Waals surface area contributed by atoms with E-state index in [0.717, 1.165) is 16.5 Å². The molecule has 1 aromatic carbocycles. The first-order valence-corrected chi connectivity index (χ1v) is 7.46. The van der Waals surface area contributed by atoms with Crippen LogP contribution in [0.4, 0.5) is 5.82 Å². The van der Waals surface area contributed by atoms with Gasteiger partial charge in [-0.1, -0.05) is 17.7 Å². The second-order valence-corrected chi connectivity index (χ2v) is 5.75.